The molecule has 20 heavy (non-hydrogen) atoms. The maximum atomic E-state index is 7.74. The van der Waals surface area contributed by atoms with Gasteiger partial charge in [-0.3, -0.25) is 5.41 Å². The van der Waals surface area contributed by atoms with Gasteiger partial charge in [-0.15, -0.1) is 0 Å². The Kier molecular flexibility index (Phi) is 4.53. The summed E-state index contributed by atoms with van der Waals surface area (Å²) >= 11 is 0. The van der Waals surface area contributed by atoms with Crippen LogP contribution in [0.15, 0.2) is 30.3 Å². The molecule has 0 aliphatic carbocycles. The molecule has 0 saturated carbocycles. The number of pyridine rings is 1. The molecule has 3 N–H and O–H groups in total. The van der Waals surface area contributed by atoms with Gasteiger partial charge >= 0.3 is 0 Å². The molecule has 1 heterocycles. The van der Waals surface area contributed by atoms with Gasteiger partial charge in [-0.2, -0.15) is 0 Å². The van der Waals surface area contributed by atoms with E-state index in [1.165, 1.54) is 0 Å². The van der Waals surface area contributed by atoms with Crippen molar-refractivity contribution < 1.29 is 4.74 Å². The Labute approximate surface area is 118 Å². The van der Waals surface area contributed by atoms with Crippen molar-refractivity contribution in [3.63, 3.8) is 0 Å². The molecule has 1 aromatic carbocycles. The van der Waals surface area contributed by atoms with Crippen LogP contribution < -0.4 is 10.6 Å². The highest BCUT2D eigenvalue weighted by Gasteiger charge is 2.13. The molecule has 0 amide bonds. The standard InChI is InChI=1S/C15H20N4O/c1-19(8-5-9-20-2)15-12(14(16)17)10-11-6-3-4-7-13(11)18-15/h3-4,6-7,10H,5,8-9H2,1-2H3,(H3,16,17). The van der Waals surface area contributed by atoms with Crippen molar-refractivity contribution >= 4 is 22.6 Å². The summed E-state index contributed by atoms with van der Waals surface area (Å²) in [6.45, 7) is 1.51. The number of hydrogen-bond donors (Lipinski definition) is 2. The van der Waals surface area contributed by atoms with Crippen LogP contribution in [0.5, 0.6) is 0 Å². The van der Waals surface area contributed by atoms with Gasteiger partial charge in [-0.25, -0.2) is 4.98 Å². The minimum absolute atomic E-state index is 0.0387. The molecule has 1 aromatic heterocycles. The molecule has 0 radical (unpaired) electrons. The number of para-hydroxylation sites is 1. The Morgan fingerprint density at radius 3 is 2.85 bits per heavy atom. The monoisotopic (exact) mass is 272 g/mol. The van der Waals surface area contributed by atoms with E-state index in [1.54, 1.807) is 7.11 Å². The summed E-state index contributed by atoms with van der Waals surface area (Å²) in [4.78, 5) is 6.66. The molecular weight excluding hydrogens is 252 g/mol. The number of amidine groups is 1. The van der Waals surface area contributed by atoms with Gasteiger partial charge in [0.05, 0.1) is 11.1 Å². The van der Waals surface area contributed by atoms with E-state index in [0.717, 1.165) is 29.7 Å². The first-order chi connectivity index (χ1) is 9.63. The lowest BCUT2D eigenvalue weighted by atomic mass is 10.1. The number of nitrogens with two attached hydrogens (primary N) is 1. The Morgan fingerprint density at radius 2 is 2.15 bits per heavy atom. The van der Waals surface area contributed by atoms with Crippen molar-refractivity contribution in [3.8, 4) is 0 Å². The Balaban J connectivity index is 2.38. The van der Waals surface area contributed by atoms with Crippen LogP contribution in [-0.2, 0) is 4.74 Å². The number of anilines is 1. The van der Waals surface area contributed by atoms with Gasteiger partial charge in [0.2, 0.25) is 0 Å². The fourth-order valence-electron chi connectivity index (χ4n) is 2.15. The second kappa shape index (κ2) is 6.34. The first-order valence-corrected chi connectivity index (χ1v) is 6.57. The van der Waals surface area contributed by atoms with Crippen molar-refractivity contribution in [2.24, 2.45) is 5.73 Å². The molecular formula is C15H20N4O. The largest absolute Gasteiger partial charge is 0.385 e. The van der Waals surface area contributed by atoms with Crippen LogP contribution in [0, 0.1) is 5.41 Å². The van der Waals surface area contributed by atoms with Gasteiger partial charge in [0.25, 0.3) is 0 Å². The summed E-state index contributed by atoms with van der Waals surface area (Å²) in [5.41, 5.74) is 7.27. The van der Waals surface area contributed by atoms with Crippen LogP contribution >= 0.6 is 0 Å². The van der Waals surface area contributed by atoms with Gasteiger partial charge in [-0.1, -0.05) is 18.2 Å². The predicted molar refractivity (Wildman–Crippen MR) is 82.5 cm³/mol. The quantitative estimate of drug-likeness (QED) is 0.479. The van der Waals surface area contributed by atoms with Gasteiger partial charge in [0.15, 0.2) is 0 Å². The molecule has 5 heteroatoms. The average Bonchev–Trinajstić information content (AvgIpc) is 2.46. The van der Waals surface area contributed by atoms with E-state index >= 15 is 0 Å². The maximum Gasteiger partial charge on any atom is 0.140 e. The summed E-state index contributed by atoms with van der Waals surface area (Å²) in [6, 6.07) is 9.77. The van der Waals surface area contributed by atoms with E-state index in [9.17, 15) is 0 Å². The molecule has 0 bridgehead atoms. The fraction of sp³-hybridized carbons (Fsp3) is 0.333. The summed E-state index contributed by atoms with van der Waals surface area (Å²) in [5, 5.41) is 8.74. The molecule has 2 rings (SSSR count). The van der Waals surface area contributed by atoms with E-state index in [0.29, 0.717) is 12.2 Å². The highest BCUT2D eigenvalue weighted by Crippen LogP contribution is 2.22. The third-order valence-electron chi connectivity index (χ3n) is 3.20. The van der Waals surface area contributed by atoms with Crippen molar-refractivity contribution in [1.82, 2.24) is 4.98 Å². The smallest absolute Gasteiger partial charge is 0.140 e. The summed E-state index contributed by atoms with van der Waals surface area (Å²) in [5.74, 6) is 0.782. The number of hydrogen-bond acceptors (Lipinski definition) is 4. The Morgan fingerprint density at radius 1 is 1.40 bits per heavy atom. The third kappa shape index (κ3) is 3.05. The highest BCUT2D eigenvalue weighted by molar-refractivity contribution is 6.02. The Bertz CT molecular complexity index is 612. The van der Waals surface area contributed by atoms with E-state index in [-0.39, 0.29) is 5.84 Å². The van der Waals surface area contributed by atoms with Crippen molar-refractivity contribution in [2.45, 2.75) is 6.42 Å². The maximum absolute atomic E-state index is 7.74. The fourth-order valence-corrected chi connectivity index (χ4v) is 2.15. The van der Waals surface area contributed by atoms with Crippen molar-refractivity contribution in [3.05, 3.63) is 35.9 Å². The zero-order valence-electron chi connectivity index (χ0n) is 11.9. The second-order valence-corrected chi connectivity index (χ2v) is 4.73. The molecule has 0 saturated heterocycles. The van der Waals surface area contributed by atoms with E-state index in [2.05, 4.69) is 4.98 Å². The number of benzene rings is 1. The predicted octanol–water partition coefficient (Wildman–Crippen LogP) is 1.99. The zero-order chi connectivity index (χ0) is 14.5. The van der Waals surface area contributed by atoms with Crippen LogP contribution in [0.1, 0.15) is 12.0 Å². The number of nitrogen functional groups attached to an aromatic ring is 1. The van der Waals surface area contributed by atoms with Gasteiger partial charge in [0.1, 0.15) is 11.7 Å². The van der Waals surface area contributed by atoms with Crippen LogP contribution in [-0.4, -0.2) is 38.1 Å². The number of aromatic nitrogens is 1. The molecule has 0 aliphatic rings. The van der Waals surface area contributed by atoms with E-state index < -0.39 is 0 Å². The highest BCUT2D eigenvalue weighted by atomic mass is 16.5. The average molecular weight is 272 g/mol. The van der Waals surface area contributed by atoms with E-state index in [1.807, 2.05) is 42.3 Å². The van der Waals surface area contributed by atoms with Crippen LogP contribution in [0.3, 0.4) is 0 Å². The molecule has 2 aromatic rings. The summed E-state index contributed by atoms with van der Waals surface area (Å²) < 4.78 is 5.06. The van der Waals surface area contributed by atoms with Crippen LogP contribution in [0.2, 0.25) is 0 Å². The molecule has 106 valence electrons. The normalized spacial score (nSPS) is 10.7. The van der Waals surface area contributed by atoms with Crippen LogP contribution in [0.25, 0.3) is 10.9 Å². The number of fused-ring (bicyclic) bond motifs is 1. The zero-order valence-corrected chi connectivity index (χ0v) is 11.9. The van der Waals surface area contributed by atoms with Crippen LogP contribution in [0.4, 0.5) is 5.82 Å². The Hall–Kier alpha value is -2.14. The molecule has 0 unspecified atom stereocenters. The molecule has 0 atom stereocenters. The van der Waals surface area contributed by atoms with Gasteiger partial charge < -0.3 is 15.4 Å². The van der Waals surface area contributed by atoms with Crippen molar-refractivity contribution in [1.29, 1.82) is 5.41 Å². The lowest BCUT2D eigenvalue weighted by Gasteiger charge is -2.21. The topological polar surface area (TPSA) is 75.2 Å². The first-order valence-electron chi connectivity index (χ1n) is 6.57. The molecule has 5 nitrogen and oxygen atoms in total. The molecule has 0 spiro atoms. The number of nitrogens with zero attached hydrogens (tertiary/aromatic N) is 2. The lowest BCUT2D eigenvalue weighted by molar-refractivity contribution is 0.196. The summed E-state index contributed by atoms with van der Waals surface area (Å²) in [7, 11) is 3.65. The number of ether oxygens (including phenoxy) is 1. The SMILES string of the molecule is COCCCN(C)c1nc2ccccc2cc1C(=N)N. The minimum Gasteiger partial charge on any atom is -0.385 e. The first kappa shape index (κ1) is 14.3. The van der Waals surface area contributed by atoms with E-state index in [4.69, 9.17) is 15.9 Å². The lowest BCUT2D eigenvalue weighted by Crippen LogP contribution is -2.25. The molecule has 0 fully saturated rings. The minimum atomic E-state index is 0.0387. The number of rotatable bonds is 6. The number of methoxy groups -OCH3 is 1. The number of nitrogens with one attached hydrogen (secondary N) is 1. The second-order valence-electron chi connectivity index (χ2n) is 4.73. The van der Waals surface area contributed by atoms with Gasteiger partial charge in [-0.05, 0) is 18.6 Å². The summed E-state index contributed by atoms with van der Waals surface area (Å²) in [6.07, 6.45) is 0.902. The third-order valence-corrected chi connectivity index (χ3v) is 3.20. The van der Waals surface area contributed by atoms with Gasteiger partial charge in [0, 0.05) is 32.7 Å². The van der Waals surface area contributed by atoms with Crippen molar-refractivity contribution in [2.75, 3.05) is 32.2 Å². The molecule has 0 aliphatic heterocycles.